The fraction of sp³-hybridized carbons (Fsp3) is 0.0833. The molecule has 0 aliphatic rings. The number of rotatable bonds is 4. The van der Waals surface area contributed by atoms with Crippen LogP contribution in [0.3, 0.4) is 0 Å². The number of aromatic nitrogens is 2. The molecule has 0 fully saturated rings. The van der Waals surface area contributed by atoms with Crippen LogP contribution in [-0.2, 0) is 6.54 Å². The molecule has 1 aromatic heterocycles. The molecule has 2 aromatic rings. The third-order valence-electron chi connectivity index (χ3n) is 2.40. The van der Waals surface area contributed by atoms with Crippen LogP contribution in [0, 0.1) is 5.82 Å². The smallest absolute Gasteiger partial charge is 0.339 e. The van der Waals surface area contributed by atoms with E-state index in [2.05, 4.69) is 15.3 Å². The highest BCUT2D eigenvalue weighted by Crippen LogP contribution is 2.23. The van der Waals surface area contributed by atoms with E-state index in [0.717, 1.165) is 0 Å². The summed E-state index contributed by atoms with van der Waals surface area (Å²) in [7, 11) is 0. The Hall–Kier alpha value is -2.21. The Morgan fingerprint density at radius 2 is 2.26 bits per heavy atom. The van der Waals surface area contributed by atoms with E-state index in [0.29, 0.717) is 16.4 Å². The Morgan fingerprint density at radius 3 is 3.00 bits per heavy atom. The average Bonchev–Trinajstić information content (AvgIpc) is 2.40. The first kappa shape index (κ1) is 13.2. The van der Waals surface area contributed by atoms with Gasteiger partial charge in [0.2, 0.25) is 0 Å². The molecular formula is C12H9ClFN3O2. The Morgan fingerprint density at radius 1 is 1.47 bits per heavy atom. The van der Waals surface area contributed by atoms with E-state index >= 15 is 0 Å². The molecule has 0 aliphatic carbocycles. The zero-order chi connectivity index (χ0) is 13.8. The lowest BCUT2D eigenvalue weighted by Crippen LogP contribution is -2.10. The van der Waals surface area contributed by atoms with Crippen LogP contribution in [0.15, 0.2) is 30.7 Å². The molecule has 98 valence electrons. The van der Waals surface area contributed by atoms with E-state index < -0.39 is 11.8 Å². The minimum atomic E-state index is -1.12. The van der Waals surface area contributed by atoms with Gasteiger partial charge in [-0.1, -0.05) is 11.6 Å². The summed E-state index contributed by atoms with van der Waals surface area (Å²) in [6.07, 6.45) is 2.45. The van der Waals surface area contributed by atoms with Gasteiger partial charge in [-0.3, -0.25) is 0 Å². The molecular weight excluding hydrogens is 273 g/mol. The van der Waals surface area contributed by atoms with Gasteiger partial charge in [0, 0.05) is 6.20 Å². The zero-order valence-electron chi connectivity index (χ0n) is 9.60. The Balaban J connectivity index is 2.19. The largest absolute Gasteiger partial charge is 0.478 e. The second-order valence-electron chi connectivity index (χ2n) is 3.67. The van der Waals surface area contributed by atoms with Crippen molar-refractivity contribution in [1.82, 2.24) is 9.97 Å². The molecule has 5 nitrogen and oxygen atoms in total. The van der Waals surface area contributed by atoms with E-state index in [4.69, 9.17) is 16.7 Å². The van der Waals surface area contributed by atoms with Crippen molar-refractivity contribution in [3.05, 3.63) is 52.8 Å². The lowest BCUT2D eigenvalue weighted by atomic mass is 10.2. The lowest BCUT2D eigenvalue weighted by molar-refractivity contribution is 0.0694. The molecule has 2 N–H and O–H groups in total. The third kappa shape index (κ3) is 3.17. The molecule has 0 unspecified atom stereocenters. The first-order chi connectivity index (χ1) is 9.08. The molecule has 0 atom stereocenters. The molecule has 1 heterocycles. The van der Waals surface area contributed by atoms with Crippen LogP contribution < -0.4 is 5.32 Å². The van der Waals surface area contributed by atoms with Gasteiger partial charge in [0.15, 0.2) is 0 Å². The molecule has 7 heteroatoms. The second-order valence-corrected chi connectivity index (χ2v) is 4.07. The number of nitrogens with one attached hydrogen (secondary N) is 1. The van der Waals surface area contributed by atoms with Gasteiger partial charge in [0.1, 0.15) is 17.7 Å². The van der Waals surface area contributed by atoms with Gasteiger partial charge in [-0.25, -0.2) is 19.2 Å². The van der Waals surface area contributed by atoms with Crippen molar-refractivity contribution in [2.45, 2.75) is 6.54 Å². The minimum Gasteiger partial charge on any atom is -0.478 e. The Kier molecular flexibility index (Phi) is 3.91. The summed E-state index contributed by atoms with van der Waals surface area (Å²) in [6.45, 7) is 0.104. The van der Waals surface area contributed by atoms with Crippen LogP contribution in [0.4, 0.5) is 10.1 Å². The maximum atomic E-state index is 13.1. The minimum absolute atomic E-state index is 0.0116. The number of aromatic carboxylic acids is 1. The summed E-state index contributed by atoms with van der Waals surface area (Å²) in [4.78, 5) is 18.5. The predicted octanol–water partition coefficient (Wildman–Crippen LogP) is 2.58. The summed E-state index contributed by atoms with van der Waals surface area (Å²) in [5.41, 5.74) is 0.655. The van der Waals surface area contributed by atoms with Crippen LogP contribution in [0.25, 0.3) is 0 Å². The number of hydrogen-bond acceptors (Lipinski definition) is 4. The number of anilines is 1. The number of hydrogen-bond donors (Lipinski definition) is 2. The van der Waals surface area contributed by atoms with Crippen LogP contribution in [0.2, 0.25) is 5.02 Å². The second kappa shape index (κ2) is 5.62. The number of halogens is 2. The number of carboxylic acids is 1. The van der Waals surface area contributed by atoms with Gasteiger partial charge >= 0.3 is 5.97 Å². The number of benzene rings is 1. The predicted molar refractivity (Wildman–Crippen MR) is 67.7 cm³/mol. The van der Waals surface area contributed by atoms with Crippen LogP contribution >= 0.6 is 11.6 Å². The fourth-order valence-corrected chi connectivity index (χ4v) is 1.67. The molecule has 0 amide bonds. The average molecular weight is 282 g/mol. The van der Waals surface area contributed by atoms with Crippen LogP contribution in [-0.4, -0.2) is 21.0 Å². The number of nitrogens with zero attached hydrogens (tertiary/aromatic N) is 2. The van der Waals surface area contributed by atoms with Crippen molar-refractivity contribution < 1.29 is 14.3 Å². The Labute approximate surface area is 113 Å². The monoisotopic (exact) mass is 281 g/mol. The Bertz CT molecular complexity index is 622. The van der Waals surface area contributed by atoms with E-state index in [-0.39, 0.29) is 12.1 Å². The zero-order valence-corrected chi connectivity index (χ0v) is 10.4. The van der Waals surface area contributed by atoms with Gasteiger partial charge in [0.05, 0.1) is 22.9 Å². The maximum Gasteiger partial charge on any atom is 0.339 e. The van der Waals surface area contributed by atoms with Crippen molar-refractivity contribution in [3.8, 4) is 0 Å². The van der Waals surface area contributed by atoms with Crippen molar-refractivity contribution in [1.29, 1.82) is 0 Å². The van der Waals surface area contributed by atoms with Crippen molar-refractivity contribution in [3.63, 3.8) is 0 Å². The van der Waals surface area contributed by atoms with Gasteiger partial charge in [0.25, 0.3) is 0 Å². The number of carboxylic acid groups (broad SMARTS) is 1. The van der Waals surface area contributed by atoms with E-state index in [1.165, 1.54) is 30.7 Å². The molecule has 0 radical (unpaired) electrons. The van der Waals surface area contributed by atoms with E-state index in [1.54, 1.807) is 0 Å². The SMILES string of the molecule is O=C(O)c1cncnc1CNc1cc(F)ccc1Cl. The first-order valence-electron chi connectivity index (χ1n) is 5.29. The highest BCUT2D eigenvalue weighted by atomic mass is 35.5. The summed E-state index contributed by atoms with van der Waals surface area (Å²) in [6, 6.07) is 3.88. The van der Waals surface area contributed by atoms with Gasteiger partial charge in [-0.05, 0) is 18.2 Å². The van der Waals surface area contributed by atoms with Crippen LogP contribution in [0.1, 0.15) is 16.1 Å². The van der Waals surface area contributed by atoms with Crippen molar-refractivity contribution in [2.24, 2.45) is 0 Å². The van der Waals surface area contributed by atoms with Crippen molar-refractivity contribution >= 4 is 23.3 Å². The lowest BCUT2D eigenvalue weighted by Gasteiger charge is -2.09. The molecule has 19 heavy (non-hydrogen) atoms. The van der Waals surface area contributed by atoms with Crippen molar-refractivity contribution in [2.75, 3.05) is 5.32 Å². The molecule has 0 aliphatic heterocycles. The summed E-state index contributed by atoms with van der Waals surface area (Å²) in [5.74, 6) is -1.56. The summed E-state index contributed by atoms with van der Waals surface area (Å²) >= 11 is 5.89. The topological polar surface area (TPSA) is 75.1 Å². The first-order valence-corrected chi connectivity index (χ1v) is 5.67. The van der Waals surface area contributed by atoms with Gasteiger partial charge in [-0.15, -0.1) is 0 Å². The fourth-order valence-electron chi connectivity index (χ4n) is 1.49. The molecule has 0 saturated heterocycles. The van der Waals surface area contributed by atoms with Crippen LogP contribution in [0.5, 0.6) is 0 Å². The standard InChI is InChI=1S/C12H9ClFN3O2/c13-9-2-1-7(14)3-10(9)16-5-11-8(12(18)19)4-15-6-17-11/h1-4,6,16H,5H2,(H,18,19). The molecule has 0 spiro atoms. The quantitative estimate of drug-likeness (QED) is 0.901. The highest BCUT2D eigenvalue weighted by molar-refractivity contribution is 6.33. The number of carbonyl (C=O) groups is 1. The summed E-state index contributed by atoms with van der Waals surface area (Å²) in [5, 5.41) is 12.1. The molecule has 1 aromatic carbocycles. The van der Waals surface area contributed by atoms with E-state index in [1.807, 2.05) is 0 Å². The van der Waals surface area contributed by atoms with E-state index in [9.17, 15) is 9.18 Å². The normalized spacial score (nSPS) is 10.2. The van der Waals surface area contributed by atoms with Gasteiger partial charge < -0.3 is 10.4 Å². The molecule has 0 saturated carbocycles. The van der Waals surface area contributed by atoms with Gasteiger partial charge in [-0.2, -0.15) is 0 Å². The maximum absolute atomic E-state index is 13.1. The highest BCUT2D eigenvalue weighted by Gasteiger charge is 2.11. The third-order valence-corrected chi connectivity index (χ3v) is 2.73. The molecule has 2 rings (SSSR count). The molecule has 0 bridgehead atoms. The summed E-state index contributed by atoms with van der Waals surface area (Å²) < 4.78 is 13.1.